The van der Waals surface area contributed by atoms with Crippen molar-refractivity contribution < 1.29 is 9.47 Å². The fourth-order valence-corrected chi connectivity index (χ4v) is 3.42. The molecule has 0 saturated heterocycles. The van der Waals surface area contributed by atoms with Gasteiger partial charge in [0.2, 0.25) is 0 Å². The van der Waals surface area contributed by atoms with Gasteiger partial charge in [-0.3, -0.25) is 15.0 Å². The van der Waals surface area contributed by atoms with Gasteiger partial charge in [-0.2, -0.15) is 5.10 Å². The Balaban J connectivity index is 1.46. The lowest BCUT2D eigenvalue weighted by atomic mass is 10.1. The molecule has 0 aliphatic carbocycles. The lowest BCUT2D eigenvalue weighted by molar-refractivity contribution is 0.0565. The molecule has 0 amide bonds. The van der Waals surface area contributed by atoms with Crippen molar-refractivity contribution in [1.29, 1.82) is 0 Å². The average Bonchev–Trinajstić information content (AvgIpc) is 3.17. The van der Waals surface area contributed by atoms with E-state index >= 15 is 0 Å². The summed E-state index contributed by atoms with van der Waals surface area (Å²) in [4.78, 5) is 6.61. The minimum absolute atomic E-state index is 0.0141. The van der Waals surface area contributed by atoms with Crippen molar-refractivity contribution in [1.82, 2.24) is 20.1 Å². The summed E-state index contributed by atoms with van der Waals surface area (Å²) in [5.41, 5.74) is 3.23. The van der Waals surface area contributed by atoms with Gasteiger partial charge in [-0.25, -0.2) is 0 Å². The Bertz CT molecular complexity index is 865. The number of aromatic nitrogens is 3. The number of nitrogens with one attached hydrogen (secondary N) is 1. The molecule has 3 heterocycles. The molecular formula is C21H24N4O2. The van der Waals surface area contributed by atoms with Gasteiger partial charge in [-0.1, -0.05) is 19.1 Å². The fraction of sp³-hybridized carbons (Fsp3) is 0.333. The third-order valence-corrected chi connectivity index (χ3v) is 4.63. The highest BCUT2D eigenvalue weighted by molar-refractivity contribution is 5.61. The van der Waals surface area contributed by atoms with Crippen molar-refractivity contribution in [3.05, 3.63) is 60.6 Å². The van der Waals surface area contributed by atoms with Gasteiger partial charge >= 0.3 is 0 Å². The molecule has 140 valence electrons. The molecule has 1 aliphatic heterocycles. The summed E-state index contributed by atoms with van der Waals surface area (Å²) in [5, 5.41) is 7.37. The molecule has 0 saturated carbocycles. The van der Waals surface area contributed by atoms with E-state index in [1.807, 2.05) is 48.8 Å². The molecule has 3 aromatic rings. The quantitative estimate of drug-likeness (QED) is 0.695. The van der Waals surface area contributed by atoms with Crippen molar-refractivity contribution in [3.8, 4) is 22.8 Å². The Morgan fingerprint density at radius 3 is 2.85 bits per heavy atom. The smallest absolute Gasteiger partial charge is 0.161 e. The largest absolute Gasteiger partial charge is 0.486 e. The molecular weight excluding hydrogens is 340 g/mol. The molecule has 6 nitrogen and oxygen atoms in total. The van der Waals surface area contributed by atoms with Crippen molar-refractivity contribution in [2.75, 3.05) is 19.7 Å². The highest BCUT2D eigenvalue weighted by Gasteiger charge is 2.23. The Kier molecular flexibility index (Phi) is 5.34. The molecule has 0 fully saturated rings. The third kappa shape index (κ3) is 4.11. The Morgan fingerprint density at radius 1 is 1.15 bits per heavy atom. The second kappa shape index (κ2) is 8.22. The van der Waals surface area contributed by atoms with Gasteiger partial charge < -0.3 is 9.47 Å². The second-order valence-corrected chi connectivity index (χ2v) is 6.74. The highest BCUT2D eigenvalue weighted by atomic mass is 16.6. The minimum atomic E-state index is 0.0141. The summed E-state index contributed by atoms with van der Waals surface area (Å²) in [6.45, 7) is 5.35. The number of pyridine rings is 1. The molecule has 0 bridgehead atoms. The molecule has 1 unspecified atom stereocenters. The SMILES string of the molecule is CCCN(Cc1cn[nH]c1-c1cccnc1)CC1COc2ccccc2O1. The second-order valence-electron chi connectivity index (χ2n) is 6.74. The van der Waals surface area contributed by atoms with E-state index in [9.17, 15) is 0 Å². The fourth-order valence-electron chi connectivity index (χ4n) is 3.42. The summed E-state index contributed by atoms with van der Waals surface area (Å²) in [6, 6.07) is 11.8. The highest BCUT2D eigenvalue weighted by Crippen LogP contribution is 2.31. The Labute approximate surface area is 159 Å². The van der Waals surface area contributed by atoms with Crippen LogP contribution in [0.15, 0.2) is 55.0 Å². The normalized spacial score (nSPS) is 15.9. The predicted octanol–water partition coefficient (Wildman–Crippen LogP) is 3.52. The number of hydrogen-bond acceptors (Lipinski definition) is 5. The van der Waals surface area contributed by atoms with Gasteiger partial charge in [-0.05, 0) is 37.2 Å². The van der Waals surface area contributed by atoms with Crippen LogP contribution in [0.1, 0.15) is 18.9 Å². The van der Waals surface area contributed by atoms with Crippen molar-refractivity contribution in [3.63, 3.8) is 0 Å². The summed E-state index contributed by atoms with van der Waals surface area (Å²) in [6.07, 6.45) is 6.63. The van der Waals surface area contributed by atoms with Crippen LogP contribution in [-0.2, 0) is 6.54 Å². The number of ether oxygens (including phenoxy) is 2. The van der Waals surface area contributed by atoms with Crippen LogP contribution in [0.25, 0.3) is 11.3 Å². The number of hydrogen-bond donors (Lipinski definition) is 1. The van der Waals surface area contributed by atoms with E-state index in [-0.39, 0.29) is 6.10 Å². The first-order valence-electron chi connectivity index (χ1n) is 9.37. The van der Waals surface area contributed by atoms with Gasteiger partial charge in [0.15, 0.2) is 11.5 Å². The molecule has 27 heavy (non-hydrogen) atoms. The molecule has 4 rings (SSSR count). The zero-order valence-corrected chi connectivity index (χ0v) is 15.5. The van der Waals surface area contributed by atoms with Gasteiger partial charge in [0, 0.05) is 36.6 Å². The molecule has 1 aromatic carbocycles. The monoisotopic (exact) mass is 364 g/mol. The molecule has 2 aromatic heterocycles. The zero-order valence-electron chi connectivity index (χ0n) is 15.5. The number of fused-ring (bicyclic) bond motifs is 1. The lowest BCUT2D eigenvalue weighted by Crippen LogP contribution is -2.41. The van der Waals surface area contributed by atoms with Crippen molar-refractivity contribution in [2.45, 2.75) is 26.0 Å². The first kappa shape index (κ1) is 17.5. The molecule has 1 aliphatic rings. The standard InChI is InChI=1S/C21H24N4O2/c1-2-10-25(14-18-15-26-19-7-3-4-8-20(19)27-18)13-17-12-23-24-21(17)16-6-5-9-22-11-16/h3-9,11-12,18H,2,10,13-15H2,1H3,(H,23,24). The molecule has 1 N–H and O–H groups in total. The summed E-state index contributed by atoms with van der Waals surface area (Å²) >= 11 is 0. The Morgan fingerprint density at radius 2 is 2.04 bits per heavy atom. The summed E-state index contributed by atoms with van der Waals surface area (Å²) in [5.74, 6) is 1.65. The number of nitrogens with zero attached hydrogens (tertiary/aromatic N) is 3. The van der Waals surface area contributed by atoms with Crippen LogP contribution < -0.4 is 9.47 Å². The lowest BCUT2D eigenvalue weighted by Gasteiger charge is -2.31. The number of rotatable bonds is 7. The number of para-hydroxylation sites is 2. The summed E-state index contributed by atoms with van der Waals surface area (Å²) in [7, 11) is 0. The average molecular weight is 364 g/mol. The first-order valence-corrected chi connectivity index (χ1v) is 9.37. The van der Waals surface area contributed by atoms with Crippen LogP contribution in [0, 0.1) is 0 Å². The number of benzene rings is 1. The maximum absolute atomic E-state index is 6.14. The van der Waals surface area contributed by atoms with Crippen molar-refractivity contribution in [2.24, 2.45) is 0 Å². The van der Waals surface area contributed by atoms with Gasteiger partial charge in [0.25, 0.3) is 0 Å². The maximum Gasteiger partial charge on any atom is 0.161 e. The van der Waals surface area contributed by atoms with Gasteiger partial charge in [0.05, 0.1) is 11.9 Å². The van der Waals surface area contributed by atoms with E-state index in [0.29, 0.717) is 6.61 Å². The van der Waals surface area contributed by atoms with E-state index in [0.717, 1.165) is 54.4 Å². The topological polar surface area (TPSA) is 63.3 Å². The van der Waals surface area contributed by atoms with Crippen LogP contribution in [0.4, 0.5) is 0 Å². The first-order chi connectivity index (χ1) is 13.3. The number of aromatic amines is 1. The van der Waals surface area contributed by atoms with Crippen LogP contribution in [0.5, 0.6) is 11.5 Å². The van der Waals surface area contributed by atoms with Gasteiger partial charge in [-0.15, -0.1) is 0 Å². The predicted molar refractivity (Wildman–Crippen MR) is 104 cm³/mol. The van der Waals surface area contributed by atoms with Crippen LogP contribution in [0.3, 0.4) is 0 Å². The van der Waals surface area contributed by atoms with Crippen LogP contribution in [0.2, 0.25) is 0 Å². The molecule has 0 radical (unpaired) electrons. The number of H-pyrrole nitrogens is 1. The molecule has 1 atom stereocenters. The third-order valence-electron chi connectivity index (χ3n) is 4.63. The van der Waals surface area contributed by atoms with E-state index in [2.05, 4.69) is 27.0 Å². The van der Waals surface area contributed by atoms with Crippen LogP contribution >= 0.6 is 0 Å². The van der Waals surface area contributed by atoms with Crippen molar-refractivity contribution >= 4 is 0 Å². The van der Waals surface area contributed by atoms with E-state index < -0.39 is 0 Å². The maximum atomic E-state index is 6.14. The minimum Gasteiger partial charge on any atom is -0.486 e. The van der Waals surface area contributed by atoms with Crippen LogP contribution in [-0.4, -0.2) is 45.9 Å². The Hall–Kier alpha value is -2.86. The van der Waals surface area contributed by atoms with E-state index in [4.69, 9.17) is 9.47 Å². The zero-order chi connectivity index (χ0) is 18.5. The van der Waals surface area contributed by atoms with E-state index in [1.54, 1.807) is 6.20 Å². The molecule has 0 spiro atoms. The molecule has 6 heteroatoms. The van der Waals surface area contributed by atoms with E-state index in [1.165, 1.54) is 0 Å². The summed E-state index contributed by atoms with van der Waals surface area (Å²) < 4.78 is 12.0. The van der Waals surface area contributed by atoms with Gasteiger partial charge in [0.1, 0.15) is 12.7 Å².